The van der Waals surface area contributed by atoms with Gasteiger partial charge in [-0.05, 0) is 82.6 Å². The van der Waals surface area contributed by atoms with Crippen LogP contribution in [0.1, 0.15) is 74.6 Å². The lowest BCUT2D eigenvalue weighted by molar-refractivity contribution is -0.428. The highest BCUT2D eigenvalue weighted by Crippen LogP contribution is 2.44. The molecule has 1 heterocycles. The van der Waals surface area contributed by atoms with E-state index in [9.17, 15) is 15.2 Å². The maximum Gasteiger partial charge on any atom is 0.242 e. The fraction of sp³-hybridized carbons (Fsp3) is 0.619. The molecule has 0 amide bonds. The highest BCUT2D eigenvalue weighted by atomic mass is 16.6. The standard InChI is InChI=1S/C21H31NO4/c1-6-7-9-17(22(24)25)10-8-12-21(5)13-11-18-16(4)19(23)14(2)15(3)20(18)26-21/h9,23H,6-8,10-13H2,1-5H3/b17-9-. The van der Waals surface area contributed by atoms with E-state index in [2.05, 4.69) is 6.92 Å². The molecule has 144 valence electrons. The third-order valence-electron chi connectivity index (χ3n) is 5.63. The average molecular weight is 361 g/mol. The van der Waals surface area contributed by atoms with Gasteiger partial charge in [0, 0.05) is 12.0 Å². The van der Waals surface area contributed by atoms with Crippen molar-refractivity contribution in [3.8, 4) is 11.5 Å². The second-order valence-electron chi connectivity index (χ2n) is 7.68. The molecule has 1 aromatic rings. The van der Waals surface area contributed by atoms with Crippen molar-refractivity contribution >= 4 is 0 Å². The number of unbranched alkanes of at least 4 members (excludes halogenated alkanes) is 1. The van der Waals surface area contributed by atoms with Gasteiger partial charge in [-0.3, -0.25) is 10.1 Å². The molecule has 5 nitrogen and oxygen atoms in total. The summed E-state index contributed by atoms with van der Waals surface area (Å²) in [5, 5.41) is 21.4. The predicted molar refractivity (Wildman–Crippen MR) is 104 cm³/mol. The van der Waals surface area contributed by atoms with E-state index in [-0.39, 0.29) is 10.5 Å². The summed E-state index contributed by atoms with van der Waals surface area (Å²) in [5.41, 5.74) is 3.85. The van der Waals surface area contributed by atoms with Gasteiger partial charge < -0.3 is 9.84 Å². The summed E-state index contributed by atoms with van der Waals surface area (Å²) in [6, 6.07) is 0. The lowest BCUT2D eigenvalue weighted by atomic mass is 9.84. The first-order valence-electron chi connectivity index (χ1n) is 9.54. The number of phenols is 1. The number of benzene rings is 1. The van der Waals surface area contributed by atoms with Crippen LogP contribution in [-0.2, 0) is 6.42 Å². The maximum atomic E-state index is 11.2. The average Bonchev–Trinajstić information content (AvgIpc) is 2.60. The van der Waals surface area contributed by atoms with Crippen LogP contribution in [0.15, 0.2) is 11.8 Å². The van der Waals surface area contributed by atoms with Gasteiger partial charge in [0.2, 0.25) is 5.70 Å². The van der Waals surface area contributed by atoms with Gasteiger partial charge in [-0.1, -0.05) is 13.3 Å². The molecule has 1 aliphatic rings. The summed E-state index contributed by atoms with van der Waals surface area (Å²) < 4.78 is 6.39. The smallest absolute Gasteiger partial charge is 0.242 e. The quantitative estimate of drug-likeness (QED) is 0.512. The number of ether oxygens (including phenoxy) is 1. The first-order valence-corrected chi connectivity index (χ1v) is 9.54. The van der Waals surface area contributed by atoms with Crippen LogP contribution in [0.25, 0.3) is 0 Å². The van der Waals surface area contributed by atoms with Crippen LogP contribution in [0.5, 0.6) is 11.5 Å². The van der Waals surface area contributed by atoms with Crippen LogP contribution in [0.2, 0.25) is 0 Å². The molecule has 1 N–H and O–H groups in total. The zero-order chi connectivity index (χ0) is 19.5. The largest absolute Gasteiger partial charge is 0.507 e. The summed E-state index contributed by atoms with van der Waals surface area (Å²) in [5.74, 6) is 1.26. The zero-order valence-electron chi connectivity index (χ0n) is 16.6. The third-order valence-corrected chi connectivity index (χ3v) is 5.63. The van der Waals surface area contributed by atoms with E-state index in [1.807, 2.05) is 27.7 Å². The van der Waals surface area contributed by atoms with Gasteiger partial charge in [0.15, 0.2) is 0 Å². The Bertz CT molecular complexity index is 723. The summed E-state index contributed by atoms with van der Waals surface area (Å²) in [7, 11) is 0. The Morgan fingerprint density at radius 2 is 2.00 bits per heavy atom. The molecule has 0 saturated carbocycles. The van der Waals surface area contributed by atoms with Crippen molar-refractivity contribution in [2.75, 3.05) is 0 Å². The van der Waals surface area contributed by atoms with Crippen molar-refractivity contribution < 1.29 is 14.8 Å². The molecule has 0 fully saturated rings. The van der Waals surface area contributed by atoms with Crippen LogP contribution in [0.3, 0.4) is 0 Å². The number of hydrogen-bond acceptors (Lipinski definition) is 4. The van der Waals surface area contributed by atoms with E-state index in [0.717, 1.165) is 66.5 Å². The Hall–Kier alpha value is -2.04. The normalized spacial score (nSPS) is 19.8. The van der Waals surface area contributed by atoms with Gasteiger partial charge >= 0.3 is 0 Å². The Labute approximate surface area is 156 Å². The Kier molecular flexibility index (Phi) is 6.32. The van der Waals surface area contributed by atoms with Gasteiger partial charge in [0.05, 0.1) is 4.92 Å². The molecule has 1 aromatic carbocycles. The fourth-order valence-electron chi connectivity index (χ4n) is 3.69. The fourth-order valence-corrected chi connectivity index (χ4v) is 3.69. The highest BCUT2D eigenvalue weighted by molar-refractivity contribution is 5.58. The Morgan fingerprint density at radius 3 is 2.62 bits per heavy atom. The van der Waals surface area contributed by atoms with Gasteiger partial charge in [0.1, 0.15) is 17.1 Å². The maximum absolute atomic E-state index is 11.2. The number of allylic oxidation sites excluding steroid dienone is 2. The van der Waals surface area contributed by atoms with Crippen LogP contribution < -0.4 is 4.74 Å². The number of aromatic hydroxyl groups is 1. The van der Waals surface area contributed by atoms with E-state index < -0.39 is 0 Å². The number of hydrogen-bond donors (Lipinski definition) is 1. The molecule has 0 aliphatic carbocycles. The minimum atomic E-state index is -0.319. The van der Waals surface area contributed by atoms with Crippen LogP contribution in [-0.4, -0.2) is 15.6 Å². The third kappa shape index (κ3) is 4.19. The number of rotatable bonds is 7. The van der Waals surface area contributed by atoms with E-state index >= 15 is 0 Å². The molecule has 1 aliphatic heterocycles. The highest BCUT2D eigenvalue weighted by Gasteiger charge is 2.34. The molecule has 0 aromatic heterocycles. The van der Waals surface area contributed by atoms with Crippen molar-refractivity contribution in [2.45, 2.75) is 85.2 Å². The molecule has 0 radical (unpaired) electrons. The van der Waals surface area contributed by atoms with Crippen molar-refractivity contribution in [1.29, 1.82) is 0 Å². The summed E-state index contributed by atoms with van der Waals surface area (Å²) in [6.07, 6.45) is 7.12. The van der Waals surface area contributed by atoms with E-state index in [1.165, 1.54) is 0 Å². The number of nitrogens with zero attached hydrogens (tertiary/aromatic N) is 1. The first-order chi connectivity index (χ1) is 12.2. The number of phenolic OH excluding ortho intramolecular Hbond substituents is 1. The lowest BCUT2D eigenvalue weighted by Gasteiger charge is -2.38. The molecule has 2 rings (SSSR count). The molecule has 5 heteroatoms. The van der Waals surface area contributed by atoms with Crippen LogP contribution >= 0.6 is 0 Å². The monoisotopic (exact) mass is 361 g/mol. The Balaban J connectivity index is 2.10. The van der Waals surface area contributed by atoms with Crippen LogP contribution in [0.4, 0.5) is 0 Å². The summed E-state index contributed by atoms with van der Waals surface area (Å²) >= 11 is 0. The minimum Gasteiger partial charge on any atom is -0.507 e. The molecular formula is C21H31NO4. The summed E-state index contributed by atoms with van der Waals surface area (Å²) in [6.45, 7) is 9.95. The topological polar surface area (TPSA) is 72.6 Å². The SMILES string of the molecule is CCC/C=C(/CCCC1(C)CCc2c(C)c(O)c(C)c(C)c2O1)[N+](=O)[O-]. The second kappa shape index (κ2) is 8.11. The molecule has 1 unspecified atom stereocenters. The first kappa shape index (κ1) is 20.3. The molecule has 0 spiro atoms. The van der Waals surface area contributed by atoms with Gasteiger partial charge in [-0.25, -0.2) is 0 Å². The zero-order valence-corrected chi connectivity index (χ0v) is 16.6. The van der Waals surface area contributed by atoms with E-state index in [4.69, 9.17) is 4.74 Å². The van der Waals surface area contributed by atoms with Gasteiger partial charge in [0.25, 0.3) is 0 Å². The molecule has 26 heavy (non-hydrogen) atoms. The molecule has 0 saturated heterocycles. The van der Waals surface area contributed by atoms with Crippen molar-refractivity contribution in [3.63, 3.8) is 0 Å². The van der Waals surface area contributed by atoms with Crippen molar-refractivity contribution in [1.82, 2.24) is 0 Å². The van der Waals surface area contributed by atoms with Gasteiger partial charge in [-0.2, -0.15) is 0 Å². The van der Waals surface area contributed by atoms with Crippen LogP contribution in [0, 0.1) is 30.9 Å². The van der Waals surface area contributed by atoms with E-state index in [1.54, 1.807) is 6.08 Å². The van der Waals surface area contributed by atoms with Crippen molar-refractivity contribution in [3.05, 3.63) is 44.1 Å². The van der Waals surface area contributed by atoms with Crippen molar-refractivity contribution in [2.24, 2.45) is 0 Å². The Morgan fingerprint density at radius 1 is 1.31 bits per heavy atom. The minimum absolute atomic E-state index is 0.255. The van der Waals surface area contributed by atoms with Gasteiger partial charge in [-0.15, -0.1) is 0 Å². The molecule has 0 bridgehead atoms. The predicted octanol–water partition coefficient (Wildman–Crippen LogP) is 5.53. The molecule has 1 atom stereocenters. The molecular weight excluding hydrogens is 330 g/mol. The second-order valence-corrected chi connectivity index (χ2v) is 7.68. The van der Waals surface area contributed by atoms with E-state index in [0.29, 0.717) is 17.9 Å². The lowest BCUT2D eigenvalue weighted by Crippen LogP contribution is -2.37. The number of nitro groups is 1. The summed E-state index contributed by atoms with van der Waals surface area (Å²) in [4.78, 5) is 10.9. The number of fused-ring (bicyclic) bond motifs is 1.